The van der Waals surface area contributed by atoms with Crippen LogP contribution in [0.4, 0.5) is 0 Å². The fraction of sp³-hybridized carbons (Fsp3) is 0.455. The molecule has 0 saturated carbocycles. The third-order valence-electron chi connectivity index (χ3n) is 2.56. The molecule has 0 spiro atoms. The molecular weight excluding hydrogens is 208 g/mol. The Bertz CT molecular complexity index is 440. The lowest BCUT2D eigenvalue weighted by Crippen LogP contribution is -2.52. The number of hydrogen-bond acceptors (Lipinski definition) is 4. The Kier molecular flexibility index (Phi) is 2.67. The number of aryl methyl sites for hydroxylation is 1. The van der Waals surface area contributed by atoms with Crippen molar-refractivity contribution in [3.05, 3.63) is 23.7 Å². The molecule has 0 unspecified atom stereocenters. The van der Waals surface area contributed by atoms with Gasteiger partial charge in [0.25, 0.3) is 0 Å². The van der Waals surface area contributed by atoms with Crippen LogP contribution in [0.1, 0.15) is 11.5 Å². The van der Waals surface area contributed by atoms with Crippen LogP contribution >= 0.6 is 0 Å². The largest absolute Gasteiger partial charge is 0.465 e. The Balaban J connectivity index is 1.91. The standard InChI is InChI=1S/C11H12N2O3/c1-8-2-3-9(16-8)4-13-10(14)11(5-12)6-15-7-11/h2-3H,4,6-7H2,1H3,(H,13,14). The Morgan fingerprint density at radius 2 is 2.38 bits per heavy atom. The zero-order valence-corrected chi connectivity index (χ0v) is 8.95. The summed E-state index contributed by atoms with van der Waals surface area (Å²) < 4.78 is 10.2. The molecule has 1 aromatic heterocycles. The summed E-state index contributed by atoms with van der Waals surface area (Å²) in [4.78, 5) is 11.7. The monoisotopic (exact) mass is 220 g/mol. The number of hydrogen-bond donors (Lipinski definition) is 1. The van der Waals surface area contributed by atoms with Gasteiger partial charge in [-0.1, -0.05) is 0 Å². The van der Waals surface area contributed by atoms with Crippen LogP contribution in [0.25, 0.3) is 0 Å². The summed E-state index contributed by atoms with van der Waals surface area (Å²) in [6, 6.07) is 5.61. The Labute approximate surface area is 93.0 Å². The van der Waals surface area contributed by atoms with Crippen LogP contribution in [0.5, 0.6) is 0 Å². The lowest BCUT2D eigenvalue weighted by atomic mass is 9.87. The first-order chi connectivity index (χ1) is 7.66. The lowest BCUT2D eigenvalue weighted by molar-refractivity contribution is -0.150. The van der Waals surface area contributed by atoms with E-state index in [1.54, 1.807) is 6.07 Å². The fourth-order valence-corrected chi connectivity index (χ4v) is 1.47. The van der Waals surface area contributed by atoms with E-state index in [1.807, 2.05) is 19.1 Å². The average Bonchev–Trinajstić information content (AvgIpc) is 2.60. The van der Waals surface area contributed by atoms with Gasteiger partial charge in [-0.05, 0) is 19.1 Å². The first-order valence-electron chi connectivity index (χ1n) is 4.99. The van der Waals surface area contributed by atoms with Crippen molar-refractivity contribution in [2.24, 2.45) is 5.41 Å². The van der Waals surface area contributed by atoms with Crippen LogP contribution < -0.4 is 5.32 Å². The highest BCUT2D eigenvalue weighted by atomic mass is 16.5. The van der Waals surface area contributed by atoms with Gasteiger partial charge in [0.15, 0.2) is 5.41 Å². The molecule has 0 aliphatic carbocycles. The fourth-order valence-electron chi connectivity index (χ4n) is 1.47. The van der Waals surface area contributed by atoms with Gasteiger partial charge < -0.3 is 14.5 Å². The van der Waals surface area contributed by atoms with E-state index in [-0.39, 0.29) is 19.1 Å². The molecule has 1 aliphatic heterocycles. The Morgan fingerprint density at radius 1 is 1.62 bits per heavy atom. The van der Waals surface area contributed by atoms with Crippen molar-refractivity contribution in [3.63, 3.8) is 0 Å². The van der Waals surface area contributed by atoms with Gasteiger partial charge in [-0.3, -0.25) is 4.79 Å². The van der Waals surface area contributed by atoms with E-state index < -0.39 is 5.41 Å². The van der Waals surface area contributed by atoms with Crippen molar-refractivity contribution in [2.45, 2.75) is 13.5 Å². The van der Waals surface area contributed by atoms with E-state index in [4.69, 9.17) is 14.4 Å². The second-order valence-electron chi connectivity index (χ2n) is 3.88. The summed E-state index contributed by atoms with van der Waals surface area (Å²) in [6.45, 7) is 2.48. The highest BCUT2D eigenvalue weighted by molar-refractivity contribution is 5.86. The van der Waals surface area contributed by atoms with Gasteiger partial charge in [-0.25, -0.2) is 0 Å². The molecule has 0 aromatic carbocycles. The molecule has 16 heavy (non-hydrogen) atoms. The van der Waals surface area contributed by atoms with Crippen LogP contribution in [-0.2, 0) is 16.1 Å². The van der Waals surface area contributed by atoms with Crippen molar-refractivity contribution in [2.75, 3.05) is 13.2 Å². The second kappa shape index (κ2) is 3.99. The van der Waals surface area contributed by atoms with E-state index in [0.29, 0.717) is 12.3 Å². The van der Waals surface area contributed by atoms with Gasteiger partial charge in [-0.2, -0.15) is 5.26 Å². The molecule has 0 atom stereocenters. The van der Waals surface area contributed by atoms with Gasteiger partial charge in [-0.15, -0.1) is 0 Å². The van der Waals surface area contributed by atoms with Crippen molar-refractivity contribution in [1.29, 1.82) is 5.26 Å². The van der Waals surface area contributed by atoms with Gasteiger partial charge in [0.1, 0.15) is 11.5 Å². The first kappa shape index (κ1) is 10.7. The maximum absolute atomic E-state index is 11.7. The number of amides is 1. The summed E-state index contributed by atoms with van der Waals surface area (Å²) >= 11 is 0. The van der Waals surface area contributed by atoms with Crippen molar-refractivity contribution >= 4 is 5.91 Å². The van der Waals surface area contributed by atoms with E-state index in [9.17, 15) is 4.79 Å². The summed E-state index contributed by atoms with van der Waals surface area (Å²) in [5, 5.41) is 11.6. The van der Waals surface area contributed by atoms with Gasteiger partial charge >= 0.3 is 0 Å². The SMILES string of the molecule is Cc1ccc(CNC(=O)C2(C#N)COC2)o1. The minimum Gasteiger partial charge on any atom is -0.465 e. The number of furan rings is 1. The zero-order chi connectivity index (χ0) is 11.6. The second-order valence-corrected chi connectivity index (χ2v) is 3.88. The third-order valence-corrected chi connectivity index (χ3v) is 2.56. The van der Waals surface area contributed by atoms with Gasteiger partial charge in [0, 0.05) is 0 Å². The molecule has 1 fully saturated rings. The summed E-state index contributed by atoms with van der Waals surface area (Å²) in [5.41, 5.74) is -0.998. The molecular formula is C11H12N2O3. The van der Waals surface area contributed by atoms with Crippen LogP contribution in [0.15, 0.2) is 16.5 Å². The van der Waals surface area contributed by atoms with E-state index in [0.717, 1.165) is 5.76 Å². The molecule has 0 radical (unpaired) electrons. The Morgan fingerprint density at radius 3 is 2.81 bits per heavy atom. The number of nitrogens with one attached hydrogen (secondary N) is 1. The number of nitrogens with zero attached hydrogens (tertiary/aromatic N) is 1. The minimum absolute atomic E-state index is 0.173. The normalized spacial score (nSPS) is 17.2. The number of carbonyl (C=O) groups excluding carboxylic acids is 1. The molecule has 1 aliphatic rings. The van der Waals surface area contributed by atoms with Crippen molar-refractivity contribution in [3.8, 4) is 6.07 Å². The minimum atomic E-state index is -0.998. The topological polar surface area (TPSA) is 75.3 Å². The summed E-state index contributed by atoms with van der Waals surface area (Å²) in [7, 11) is 0. The molecule has 5 heteroatoms. The maximum atomic E-state index is 11.7. The molecule has 1 N–H and O–H groups in total. The van der Waals surface area contributed by atoms with Crippen LogP contribution in [-0.4, -0.2) is 19.1 Å². The van der Waals surface area contributed by atoms with E-state index in [2.05, 4.69) is 5.32 Å². The molecule has 1 saturated heterocycles. The number of rotatable bonds is 3. The predicted octanol–water partition coefficient (Wildman–Crippen LogP) is 0.744. The predicted molar refractivity (Wildman–Crippen MR) is 54.2 cm³/mol. The molecule has 2 heterocycles. The Hall–Kier alpha value is -1.80. The third kappa shape index (κ3) is 1.79. The molecule has 1 amide bonds. The smallest absolute Gasteiger partial charge is 0.245 e. The quantitative estimate of drug-likeness (QED) is 0.815. The molecule has 0 bridgehead atoms. The number of carbonyl (C=O) groups is 1. The number of ether oxygens (including phenoxy) is 1. The van der Waals surface area contributed by atoms with Gasteiger partial charge in [0.05, 0.1) is 25.8 Å². The summed E-state index contributed by atoms with van der Waals surface area (Å²) in [6.07, 6.45) is 0. The first-order valence-corrected chi connectivity index (χ1v) is 4.99. The average molecular weight is 220 g/mol. The van der Waals surface area contributed by atoms with E-state index >= 15 is 0 Å². The number of nitriles is 1. The molecule has 1 aromatic rings. The van der Waals surface area contributed by atoms with Crippen molar-refractivity contribution in [1.82, 2.24) is 5.32 Å². The van der Waals surface area contributed by atoms with Gasteiger partial charge in [0.2, 0.25) is 5.91 Å². The summed E-state index contributed by atoms with van der Waals surface area (Å²) in [5.74, 6) is 1.18. The molecule has 84 valence electrons. The van der Waals surface area contributed by atoms with Crippen molar-refractivity contribution < 1.29 is 13.9 Å². The zero-order valence-electron chi connectivity index (χ0n) is 8.95. The molecule has 5 nitrogen and oxygen atoms in total. The van der Waals surface area contributed by atoms with Crippen LogP contribution in [0.3, 0.4) is 0 Å². The highest BCUT2D eigenvalue weighted by Crippen LogP contribution is 2.26. The van der Waals surface area contributed by atoms with Crippen LogP contribution in [0, 0.1) is 23.7 Å². The maximum Gasteiger partial charge on any atom is 0.245 e. The lowest BCUT2D eigenvalue weighted by Gasteiger charge is -2.33. The van der Waals surface area contributed by atoms with Crippen LogP contribution in [0.2, 0.25) is 0 Å². The highest BCUT2D eigenvalue weighted by Gasteiger charge is 2.46. The molecule has 2 rings (SSSR count). The van der Waals surface area contributed by atoms with E-state index in [1.165, 1.54) is 0 Å².